The molecule has 0 unspecified atom stereocenters. The van der Waals surface area contributed by atoms with Gasteiger partial charge in [-0.1, -0.05) is 42.5 Å². The van der Waals surface area contributed by atoms with Gasteiger partial charge in [0, 0.05) is 6.54 Å². The maximum absolute atomic E-state index is 13.2. The van der Waals surface area contributed by atoms with Crippen molar-refractivity contribution in [2.24, 2.45) is 0 Å². The van der Waals surface area contributed by atoms with Crippen LogP contribution in [0, 0.1) is 5.82 Å². The molecule has 1 fully saturated rings. The molecule has 2 aromatic carbocycles. The third kappa shape index (κ3) is 3.48. The summed E-state index contributed by atoms with van der Waals surface area (Å²) in [6, 6.07) is 14.0. The first-order valence-electron chi connectivity index (χ1n) is 7.28. The van der Waals surface area contributed by atoms with Crippen molar-refractivity contribution in [3.05, 3.63) is 71.5 Å². The lowest BCUT2D eigenvalue weighted by Gasteiger charge is -2.21. The van der Waals surface area contributed by atoms with E-state index >= 15 is 0 Å². The van der Waals surface area contributed by atoms with E-state index in [4.69, 9.17) is 0 Å². The highest BCUT2D eigenvalue weighted by molar-refractivity contribution is 5.90. The maximum Gasteiger partial charge on any atom is 0.315 e. The average Bonchev–Trinajstić information content (AvgIpc) is 3.01. The Morgan fingerprint density at radius 3 is 2.35 bits per heavy atom. The minimum absolute atomic E-state index is 0.246. The molecule has 1 saturated heterocycles. The number of urea groups is 1. The number of amides is 3. The van der Waals surface area contributed by atoms with E-state index in [9.17, 15) is 14.0 Å². The van der Waals surface area contributed by atoms with E-state index in [0.29, 0.717) is 0 Å². The van der Waals surface area contributed by atoms with Crippen molar-refractivity contribution >= 4 is 11.9 Å². The van der Waals surface area contributed by atoms with Gasteiger partial charge in [0.05, 0.1) is 6.04 Å². The van der Waals surface area contributed by atoms with E-state index in [1.807, 2.05) is 30.3 Å². The van der Waals surface area contributed by atoms with Crippen LogP contribution in [-0.4, -0.2) is 24.5 Å². The van der Waals surface area contributed by atoms with Crippen molar-refractivity contribution in [2.45, 2.75) is 12.1 Å². The summed E-state index contributed by atoms with van der Waals surface area (Å²) in [7, 11) is 0. The van der Waals surface area contributed by atoms with Crippen LogP contribution in [0.5, 0.6) is 0 Å². The molecule has 1 heterocycles. The van der Waals surface area contributed by atoms with Gasteiger partial charge in [0.1, 0.15) is 11.9 Å². The standard InChI is InChI=1S/C17H16FN3O2/c18-13-8-6-12(7-9-13)15(11-4-2-1-3-5-11)21-16(22)14-10-19-17(23)20-14/h1-9,14-15H,10H2,(H,21,22)(H2,19,20,23)/t14-,15-/m1/s1. The van der Waals surface area contributed by atoms with Crippen molar-refractivity contribution in [3.63, 3.8) is 0 Å². The van der Waals surface area contributed by atoms with Crippen LogP contribution in [0.1, 0.15) is 17.2 Å². The Hall–Kier alpha value is -2.89. The highest BCUT2D eigenvalue weighted by Gasteiger charge is 2.29. The molecule has 6 heteroatoms. The fraction of sp³-hybridized carbons (Fsp3) is 0.176. The Balaban J connectivity index is 1.85. The van der Waals surface area contributed by atoms with Gasteiger partial charge in [-0.2, -0.15) is 0 Å². The Kier molecular flexibility index (Phi) is 4.23. The summed E-state index contributed by atoms with van der Waals surface area (Å²) in [5.41, 5.74) is 1.65. The van der Waals surface area contributed by atoms with E-state index in [2.05, 4.69) is 16.0 Å². The van der Waals surface area contributed by atoms with E-state index in [1.54, 1.807) is 12.1 Å². The predicted octanol–water partition coefficient (Wildman–Crippen LogP) is 1.71. The van der Waals surface area contributed by atoms with Crippen LogP contribution in [0.25, 0.3) is 0 Å². The zero-order valence-corrected chi connectivity index (χ0v) is 12.3. The molecule has 23 heavy (non-hydrogen) atoms. The molecule has 0 bridgehead atoms. The highest BCUT2D eigenvalue weighted by Crippen LogP contribution is 2.22. The molecule has 0 aliphatic carbocycles. The molecule has 0 spiro atoms. The first kappa shape index (κ1) is 15.0. The zero-order chi connectivity index (χ0) is 16.2. The van der Waals surface area contributed by atoms with Gasteiger partial charge in [-0.15, -0.1) is 0 Å². The van der Waals surface area contributed by atoms with Crippen LogP contribution in [0.4, 0.5) is 9.18 Å². The molecule has 2 aromatic rings. The Labute approximate surface area is 132 Å². The van der Waals surface area contributed by atoms with Crippen molar-refractivity contribution in [2.75, 3.05) is 6.54 Å². The normalized spacial score (nSPS) is 18.0. The van der Waals surface area contributed by atoms with Gasteiger partial charge in [0.2, 0.25) is 5.91 Å². The Morgan fingerprint density at radius 1 is 1.09 bits per heavy atom. The van der Waals surface area contributed by atoms with Gasteiger partial charge in [0.25, 0.3) is 0 Å². The highest BCUT2D eigenvalue weighted by atomic mass is 19.1. The molecule has 3 rings (SSSR count). The molecule has 118 valence electrons. The van der Waals surface area contributed by atoms with Gasteiger partial charge < -0.3 is 16.0 Å². The second kappa shape index (κ2) is 6.48. The molecular weight excluding hydrogens is 297 g/mol. The van der Waals surface area contributed by atoms with Crippen LogP contribution < -0.4 is 16.0 Å². The topological polar surface area (TPSA) is 70.2 Å². The first-order valence-corrected chi connectivity index (χ1v) is 7.28. The predicted molar refractivity (Wildman–Crippen MR) is 83.2 cm³/mol. The molecule has 5 nitrogen and oxygen atoms in total. The van der Waals surface area contributed by atoms with E-state index in [-0.39, 0.29) is 24.3 Å². The molecule has 1 aliphatic rings. The largest absolute Gasteiger partial charge is 0.343 e. The number of nitrogens with one attached hydrogen (secondary N) is 3. The summed E-state index contributed by atoms with van der Waals surface area (Å²) in [4.78, 5) is 23.6. The van der Waals surface area contributed by atoms with Crippen molar-refractivity contribution in [1.29, 1.82) is 0 Å². The summed E-state index contributed by atoms with van der Waals surface area (Å²) in [6.07, 6.45) is 0. The smallest absolute Gasteiger partial charge is 0.315 e. The first-order chi connectivity index (χ1) is 11.1. The number of hydrogen-bond donors (Lipinski definition) is 3. The van der Waals surface area contributed by atoms with Gasteiger partial charge in [-0.05, 0) is 23.3 Å². The number of benzene rings is 2. The molecule has 2 atom stereocenters. The lowest BCUT2D eigenvalue weighted by atomic mass is 9.98. The molecular formula is C17H16FN3O2. The summed E-state index contributed by atoms with van der Waals surface area (Å²) < 4.78 is 13.2. The Bertz CT molecular complexity index is 704. The number of rotatable bonds is 4. The molecule has 1 aliphatic heterocycles. The fourth-order valence-electron chi connectivity index (χ4n) is 2.52. The second-order valence-electron chi connectivity index (χ2n) is 5.31. The monoisotopic (exact) mass is 313 g/mol. The quantitative estimate of drug-likeness (QED) is 0.804. The number of hydrogen-bond acceptors (Lipinski definition) is 2. The fourth-order valence-corrected chi connectivity index (χ4v) is 2.52. The third-order valence-electron chi connectivity index (χ3n) is 3.71. The van der Waals surface area contributed by atoms with Crippen LogP contribution in [0.2, 0.25) is 0 Å². The van der Waals surface area contributed by atoms with Gasteiger partial charge in [-0.25, -0.2) is 9.18 Å². The molecule has 0 aromatic heterocycles. The number of carbonyl (C=O) groups excluding carboxylic acids is 2. The lowest BCUT2D eigenvalue weighted by molar-refractivity contribution is -0.122. The van der Waals surface area contributed by atoms with Crippen molar-refractivity contribution in [3.8, 4) is 0 Å². The zero-order valence-electron chi connectivity index (χ0n) is 12.3. The van der Waals surface area contributed by atoms with Crippen molar-refractivity contribution in [1.82, 2.24) is 16.0 Å². The molecule has 0 saturated carbocycles. The Morgan fingerprint density at radius 2 is 1.74 bits per heavy atom. The van der Waals surface area contributed by atoms with E-state index < -0.39 is 12.1 Å². The van der Waals surface area contributed by atoms with Crippen LogP contribution >= 0.6 is 0 Å². The lowest BCUT2D eigenvalue weighted by Crippen LogP contribution is -2.44. The summed E-state index contributed by atoms with van der Waals surface area (Å²) >= 11 is 0. The summed E-state index contributed by atoms with van der Waals surface area (Å²) in [5.74, 6) is -0.624. The van der Waals surface area contributed by atoms with Crippen LogP contribution in [0.3, 0.4) is 0 Å². The average molecular weight is 313 g/mol. The van der Waals surface area contributed by atoms with E-state index in [0.717, 1.165) is 11.1 Å². The van der Waals surface area contributed by atoms with Crippen molar-refractivity contribution < 1.29 is 14.0 Å². The second-order valence-corrected chi connectivity index (χ2v) is 5.31. The minimum atomic E-state index is -0.617. The minimum Gasteiger partial charge on any atom is -0.343 e. The number of halogens is 1. The van der Waals surface area contributed by atoms with Gasteiger partial charge >= 0.3 is 6.03 Å². The van der Waals surface area contributed by atoms with E-state index in [1.165, 1.54) is 12.1 Å². The maximum atomic E-state index is 13.2. The third-order valence-corrected chi connectivity index (χ3v) is 3.71. The van der Waals surface area contributed by atoms with Gasteiger partial charge in [-0.3, -0.25) is 4.79 Å². The number of carbonyl (C=O) groups is 2. The van der Waals surface area contributed by atoms with Gasteiger partial charge in [0.15, 0.2) is 0 Å². The summed E-state index contributed by atoms with van der Waals surface area (Å²) in [6.45, 7) is 0.246. The molecule has 0 radical (unpaired) electrons. The summed E-state index contributed by atoms with van der Waals surface area (Å²) in [5, 5.41) is 8.01. The van der Waals surface area contributed by atoms with Crippen LogP contribution in [0.15, 0.2) is 54.6 Å². The molecule has 3 N–H and O–H groups in total. The molecule has 3 amide bonds. The SMILES string of the molecule is O=C1NC[C@H](C(=O)N[C@H](c2ccccc2)c2ccc(F)cc2)N1. The van der Waals surface area contributed by atoms with Crippen LogP contribution in [-0.2, 0) is 4.79 Å².